The highest BCUT2D eigenvalue weighted by Gasteiger charge is 2.28. The number of hydrogen-bond donors (Lipinski definition) is 1. The fourth-order valence-corrected chi connectivity index (χ4v) is 3.53. The van der Waals surface area contributed by atoms with Gasteiger partial charge in [-0.2, -0.15) is 0 Å². The second-order valence-electron chi connectivity index (χ2n) is 5.35. The third-order valence-electron chi connectivity index (χ3n) is 3.64. The average molecular weight is 318 g/mol. The first kappa shape index (κ1) is 17.4. The number of thiazole rings is 1. The van der Waals surface area contributed by atoms with Gasteiger partial charge in [-0.3, -0.25) is 4.79 Å². The van der Waals surface area contributed by atoms with Crippen molar-refractivity contribution in [1.82, 2.24) is 9.88 Å². The zero-order valence-electron chi connectivity index (χ0n) is 12.2. The number of carbonyl (C=O) groups is 1. The van der Waals surface area contributed by atoms with E-state index in [0.717, 1.165) is 44.5 Å². The normalized spacial score (nSPS) is 20.4. The molecule has 2 rings (SSSR count). The van der Waals surface area contributed by atoms with E-state index < -0.39 is 0 Å². The number of halogens is 1. The molecule has 0 spiro atoms. The van der Waals surface area contributed by atoms with Crippen molar-refractivity contribution >= 4 is 29.7 Å². The average Bonchev–Trinajstić information content (AvgIpc) is 2.85. The molecule has 1 saturated heterocycles. The Hall–Kier alpha value is -0.650. The highest BCUT2D eigenvalue weighted by Crippen LogP contribution is 2.29. The maximum atomic E-state index is 12.3. The van der Waals surface area contributed by atoms with Crippen molar-refractivity contribution in [2.24, 2.45) is 5.73 Å². The standard InChI is InChI=1S/C14H23N3OS.ClH/c1-3-5-12(15)14(18)17-7-4-6-11(8-17)13-16-10(2)9-19-13;/h9,11-12H,3-8,15H2,1-2H3;1H. The molecule has 20 heavy (non-hydrogen) atoms. The van der Waals surface area contributed by atoms with Crippen LogP contribution in [0.3, 0.4) is 0 Å². The first-order chi connectivity index (χ1) is 9.11. The Morgan fingerprint density at radius 1 is 1.65 bits per heavy atom. The van der Waals surface area contributed by atoms with Crippen LogP contribution in [-0.2, 0) is 4.79 Å². The lowest BCUT2D eigenvalue weighted by molar-refractivity contribution is -0.134. The minimum atomic E-state index is -0.332. The molecule has 1 aliphatic heterocycles. The Labute approximate surface area is 131 Å². The molecule has 1 aromatic rings. The molecule has 4 nitrogen and oxygen atoms in total. The third-order valence-corrected chi connectivity index (χ3v) is 4.76. The van der Waals surface area contributed by atoms with E-state index in [-0.39, 0.29) is 24.4 Å². The van der Waals surface area contributed by atoms with Crippen molar-refractivity contribution in [3.8, 4) is 0 Å². The predicted octanol–water partition coefficient (Wildman–Crippen LogP) is 2.71. The molecule has 0 aromatic carbocycles. The molecule has 1 aliphatic rings. The van der Waals surface area contributed by atoms with Crippen molar-refractivity contribution in [3.63, 3.8) is 0 Å². The van der Waals surface area contributed by atoms with Gasteiger partial charge in [-0.1, -0.05) is 13.3 Å². The van der Waals surface area contributed by atoms with E-state index in [1.807, 2.05) is 11.8 Å². The number of nitrogens with zero attached hydrogens (tertiary/aromatic N) is 2. The van der Waals surface area contributed by atoms with Crippen molar-refractivity contribution in [3.05, 3.63) is 16.1 Å². The van der Waals surface area contributed by atoms with Crippen molar-refractivity contribution < 1.29 is 4.79 Å². The van der Waals surface area contributed by atoms with E-state index in [9.17, 15) is 4.79 Å². The second kappa shape index (κ2) is 7.96. The van der Waals surface area contributed by atoms with Gasteiger partial charge in [-0.25, -0.2) is 4.98 Å². The van der Waals surface area contributed by atoms with Crippen molar-refractivity contribution in [2.75, 3.05) is 13.1 Å². The quantitative estimate of drug-likeness (QED) is 0.929. The number of piperidine rings is 1. The molecule has 2 unspecified atom stereocenters. The first-order valence-electron chi connectivity index (χ1n) is 7.08. The highest BCUT2D eigenvalue weighted by molar-refractivity contribution is 7.09. The first-order valence-corrected chi connectivity index (χ1v) is 7.96. The molecule has 0 aliphatic carbocycles. The van der Waals surface area contributed by atoms with Gasteiger partial charge in [0, 0.05) is 30.1 Å². The minimum Gasteiger partial charge on any atom is -0.341 e. The van der Waals surface area contributed by atoms with Crippen LogP contribution in [0.25, 0.3) is 0 Å². The summed E-state index contributed by atoms with van der Waals surface area (Å²) in [6.07, 6.45) is 3.90. The minimum absolute atomic E-state index is 0. The Morgan fingerprint density at radius 3 is 3.00 bits per heavy atom. The molecule has 2 atom stereocenters. The Balaban J connectivity index is 0.00000200. The van der Waals surface area contributed by atoms with Gasteiger partial charge in [0.05, 0.1) is 11.0 Å². The number of aromatic nitrogens is 1. The van der Waals surface area contributed by atoms with Gasteiger partial charge in [0.2, 0.25) is 5.91 Å². The van der Waals surface area contributed by atoms with Crippen LogP contribution in [0, 0.1) is 6.92 Å². The fraction of sp³-hybridized carbons (Fsp3) is 0.714. The topological polar surface area (TPSA) is 59.2 Å². The van der Waals surface area contributed by atoms with E-state index >= 15 is 0 Å². The van der Waals surface area contributed by atoms with Crippen LogP contribution < -0.4 is 5.73 Å². The summed E-state index contributed by atoms with van der Waals surface area (Å²) in [5.74, 6) is 0.505. The van der Waals surface area contributed by atoms with Gasteiger partial charge in [-0.05, 0) is 26.2 Å². The van der Waals surface area contributed by atoms with Gasteiger partial charge in [-0.15, -0.1) is 23.7 Å². The molecule has 0 bridgehead atoms. The van der Waals surface area contributed by atoms with Crippen molar-refractivity contribution in [2.45, 2.75) is 51.5 Å². The summed E-state index contributed by atoms with van der Waals surface area (Å²) < 4.78 is 0. The summed E-state index contributed by atoms with van der Waals surface area (Å²) in [4.78, 5) is 18.7. The maximum Gasteiger partial charge on any atom is 0.239 e. The fourth-order valence-electron chi connectivity index (χ4n) is 2.61. The Morgan fingerprint density at radius 2 is 2.40 bits per heavy atom. The number of amides is 1. The molecule has 0 saturated carbocycles. The van der Waals surface area contributed by atoms with Crippen LogP contribution in [0.1, 0.15) is 49.2 Å². The van der Waals surface area contributed by atoms with E-state index in [0.29, 0.717) is 5.92 Å². The smallest absolute Gasteiger partial charge is 0.239 e. The van der Waals surface area contributed by atoms with Gasteiger partial charge >= 0.3 is 0 Å². The lowest BCUT2D eigenvalue weighted by Crippen LogP contribution is -2.47. The number of likely N-dealkylation sites (tertiary alicyclic amines) is 1. The summed E-state index contributed by atoms with van der Waals surface area (Å²) in [6.45, 7) is 5.70. The molecule has 0 radical (unpaired) electrons. The monoisotopic (exact) mass is 317 g/mol. The third kappa shape index (κ3) is 4.17. The van der Waals surface area contributed by atoms with Crippen LogP contribution in [-0.4, -0.2) is 34.9 Å². The Kier molecular flexibility index (Phi) is 6.92. The molecule has 1 amide bonds. The number of nitrogens with two attached hydrogens (primary N) is 1. The van der Waals surface area contributed by atoms with Crippen LogP contribution in [0.15, 0.2) is 5.38 Å². The van der Waals surface area contributed by atoms with Crippen LogP contribution >= 0.6 is 23.7 Å². The lowest BCUT2D eigenvalue weighted by Gasteiger charge is -2.33. The zero-order valence-corrected chi connectivity index (χ0v) is 13.8. The van der Waals surface area contributed by atoms with Gasteiger partial charge in [0.15, 0.2) is 0 Å². The Bertz CT molecular complexity index is 438. The van der Waals surface area contributed by atoms with Gasteiger partial charge < -0.3 is 10.6 Å². The highest BCUT2D eigenvalue weighted by atomic mass is 35.5. The van der Waals surface area contributed by atoms with Crippen LogP contribution in [0.5, 0.6) is 0 Å². The van der Waals surface area contributed by atoms with Crippen molar-refractivity contribution in [1.29, 1.82) is 0 Å². The van der Waals surface area contributed by atoms with E-state index in [4.69, 9.17) is 5.73 Å². The molecule has 2 N–H and O–H groups in total. The van der Waals surface area contributed by atoms with Crippen LogP contribution in [0.2, 0.25) is 0 Å². The molecule has 1 fully saturated rings. The summed E-state index contributed by atoms with van der Waals surface area (Å²) in [7, 11) is 0. The molecule has 1 aromatic heterocycles. The predicted molar refractivity (Wildman–Crippen MR) is 85.5 cm³/mol. The number of aryl methyl sites for hydroxylation is 1. The SMILES string of the molecule is CCCC(N)C(=O)N1CCCC(c2nc(C)cs2)C1.Cl. The summed E-state index contributed by atoms with van der Waals surface area (Å²) in [6, 6.07) is -0.332. The van der Waals surface area contributed by atoms with E-state index in [1.165, 1.54) is 5.01 Å². The molecule has 6 heteroatoms. The number of hydrogen-bond acceptors (Lipinski definition) is 4. The molecule has 2 heterocycles. The van der Waals surface area contributed by atoms with Gasteiger partial charge in [0.1, 0.15) is 0 Å². The van der Waals surface area contributed by atoms with E-state index in [2.05, 4.69) is 17.3 Å². The summed E-state index contributed by atoms with van der Waals surface area (Å²) in [5.41, 5.74) is 7.02. The number of carbonyl (C=O) groups excluding carboxylic acids is 1. The summed E-state index contributed by atoms with van der Waals surface area (Å²) >= 11 is 1.71. The molecular formula is C14H24ClN3OS. The molecule has 114 valence electrons. The zero-order chi connectivity index (χ0) is 13.8. The van der Waals surface area contributed by atoms with Crippen LogP contribution in [0.4, 0.5) is 0 Å². The van der Waals surface area contributed by atoms with Gasteiger partial charge in [0.25, 0.3) is 0 Å². The maximum absolute atomic E-state index is 12.3. The van der Waals surface area contributed by atoms with E-state index in [1.54, 1.807) is 11.3 Å². The largest absolute Gasteiger partial charge is 0.341 e. The number of rotatable bonds is 4. The lowest BCUT2D eigenvalue weighted by atomic mass is 9.97. The summed E-state index contributed by atoms with van der Waals surface area (Å²) in [5, 5.41) is 3.25. The molecular weight excluding hydrogens is 294 g/mol. The second-order valence-corrected chi connectivity index (χ2v) is 6.24.